The standard InChI is InChI=1S/C19H26ClN9O3/c20-14-16(22)28-15(21)13(27-14)18(32)29-19(24)25-8-2-1-3-10-4-6-11(7-5-10)26-12(9-30)17(23)31/h4-7,12,26,30H,1-3,8-9H2,(H2,23,31)(H4,21,22,28)(H3,24,25,29,32). The number of anilines is 3. The van der Waals surface area contributed by atoms with Crippen LogP contribution in [0.2, 0.25) is 5.15 Å². The molecule has 0 radical (unpaired) electrons. The van der Waals surface area contributed by atoms with Crippen molar-refractivity contribution < 1.29 is 14.7 Å². The summed E-state index contributed by atoms with van der Waals surface area (Å²) < 4.78 is 0. The number of nitrogens with one attached hydrogen (secondary N) is 2. The second-order valence-electron chi connectivity index (χ2n) is 6.79. The lowest BCUT2D eigenvalue weighted by Crippen LogP contribution is -2.38. The van der Waals surface area contributed by atoms with Crippen LogP contribution < -0.4 is 33.6 Å². The van der Waals surface area contributed by atoms with Crippen LogP contribution in [0.4, 0.5) is 17.3 Å². The average molecular weight is 464 g/mol. The van der Waals surface area contributed by atoms with Gasteiger partial charge in [0, 0.05) is 12.2 Å². The molecule has 2 amide bonds. The lowest BCUT2D eigenvalue weighted by Gasteiger charge is -2.14. The quantitative estimate of drug-likeness (QED) is 0.138. The van der Waals surface area contributed by atoms with E-state index < -0.39 is 17.9 Å². The highest BCUT2D eigenvalue weighted by atomic mass is 35.5. The number of aryl methyl sites for hydroxylation is 1. The first-order chi connectivity index (χ1) is 15.2. The van der Waals surface area contributed by atoms with Crippen molar-refractivity contribution in [1.82, 2.24) is 15.3 Å². The molecule has 13 heteroatoms. The van der Waals surface area contributed by atoms with Gasteiger partial charge in [0.1, 0.15) is 6.04 Å². The number of hydrogen-bond donors (Lipinski definition) is 7. The molecule has 2 rings (SSSR count). The van der Waals surface area contributed by atoms with Crippen molar-refractivity contribution in [2.24, 2.45) is 16.5 Å². The van der Waals surface area contributed by atoms with Crippen LogP contribution in [0.15, 0.2) is 29.3 Å². The highest BCUT2D eigenvalue weighted by molar-refractivity contribution is 6.31. The van der Waals surface area contributed by atoms with Crippen LogP contribution in [-0.4, -0.2) is 52.0 Å². The lowest BCUT2D eigenvalue weighted by molar-refractivity contribution is -0.119. The maximum absolute atomic E-state index is 12.2. The minimum Gasteiger partial charge on any atom is -0.394 e. The number of aromatic nitrogens is 2. The first-order valence-corrected chi connectivity index (χ1v) is 10.0. The fourth-order valence-electron chi connectivity index (χ4n) is 2.64. The smallest absolute Gasteiger partial charge is 0.280 e. The van der Waals surface area contributed by atoms with Gasteiger partial charge < -0.3 is 33.4 Å². The normalized spacial score (nSPS) is 12.2. The van der Waals surface area contributed by atoms with E-state index in [0.29, 0.717) is 12.2 Å². The summed E-state index contributed by atoms with van der Waals surface area (Å²) in [6.07, 6.45) is 2.38. The predicted octanol–water partition coefficient (Wildman–Crippen LogP) is -0.380. The molecule has 1 heterocycles. The molecule has 0 fully saturated rings. The highest BCUT2D eigenvalue weighted by Crippen LogP contribution is 2.17. The third-order valence-electron chi connectivity index (χ3n) is 4.34. The number of rotatable bonds is 10. The zero-order valence-corrected chi connectivity index (χ0v) is 18.0. The van der Waals surface area contributed by atoms with E-state index in [-0.39, 0.29) is 35.0 Å². The number of aliphatic imine (C=N–C) groups is 1. The van der Waals surface area contributed by atoms with Crippen LogP contribution in [0.1, 0.15) is 28.9 Å². The first-order valence-electron chi connectivity index (χ1n) is 9.66. The second kappa shape index (κ2) is 11.7. The Morgan fingerprint density at radius 1 is 1.09 bits per heavy atom. The number of carbonyl (C=O) groups excluding carboxylic acids is 2. The summed E-state index contributed by atoms with van der Waals surface area (Å²) in [7, 11) is 0. The molecule has 0 aliphatic rings. The molecule has 0 aliphatic carbocycles. The third kappa shape index (κ3) is 7.25. The van der Waals surface area contributed by atoms with Gasteiger partial charge in [-0.1, -0.05) is 23.7 Å². The van der Waals surface area contributed by atoms with Crippen LogP contribution in [0, 0.1) is 0 Å². The average Bonchev–Trinajstić information content (AvgIpc) is 2.74. The molecule has 1 unspecified atom stereocenters. The van der Waals surface area contributed by atoms with E-state index >= 15 is 0 Å². The van der Waals surface area contributed by atoms with Crippen LogP contribution in [0.3, 0.4) is 0 Å². The van der Waals surface area contributed by atoms with E-state index in [4.69, 9.17) is 39.6 Å². The summed E-state index contributed by atoms with van der Waals surface area (Å²) >= 11 is 5.76. The number of primary amides is 1. The van der Waals surface area contributed by atoms with Crippen molar-refractivity contribution in [3.63, 3.8) is 0 Å². The number of nitrogens with zero attached hydrogens (tertiary/aromatic N) is 3. The number of carbonyl (C=O) groups is 2. The number of nitrogen functional groups attached to an aromatic ring is 2. The van der Waals surface area contributed by atoms with Gasteiger partial charge in [-0.05, 0) is 37.0 Å². The van der Waals surface area contributed by atoms with E-state index in [1.54, 1.807) is 0 Å². The molecule has 12 nitrogen and oxygen atoms in total. The third-order valence-corrected chi connectivity index (χ3v) is 4.62. The maximum Gasteiger partial charge on any atom is 0.280 e. The Kier molecular flexibility index (Phi) is 8.98. The van der Waals surface area contributed by atoms with Crippen molar-refractivity contribution in [2.75, 3.05) is 29.9 Å². The maximum atomic E-state index is 12.2. The number of nitrogens with two attached hydrogens (primary N) is 4. The van der Waals surface area contributed by atoms with E-state index in [2.05, 4.69) is 25.6 Å². The molecule has 0 aliphatic heterocycles. The molecule has 0 spiro atoms. The molecule has 1 atom stereocenters. The number of hydrogen-bond acceptors (Lipinski definition) is 9. The van der Waals surface area contributed by atoms with Crippen LogP contribution >= 0.6 is 11.6 Å². The van der Waals surface area contributed by atoms with Gasteiger partial charge in [-0.15, -0.1) is 0 Å². The number of aliphatic hydroxyl groups is 1. The minimum absolute atomic E-state index is 0.0757. The van der Waals surface area contributed by atoms with E-state index in [1.807, 2.05) is 24.3 Å². The summed E-state index contributed by atoms with van der Waals surface area (Å²) in [5.74, 6) is -1.63. The van der Waals surface area contributed by atoms with Gasteiger partial charge in [-0.25, -0.2) is 9.97 Å². The zero-order chi connectivity index (χ0) is 23.7. The number of benzene rings is 1. The monoisotopic (exact) mass is 463 g/mol. The Labute approximate surface area is 189 Å². The molecule has 0 saturated carbocycles. The van der Waals surface area contributed by atoms with Crippen LogP contribution in [0.25, 0.3) is 0 Å². The second-order valence-corrected chi connectivity index (χ2v) is 7.15. The van der Waals surface area contributed by atoms with Gasteiger partial charge in [-0.2, -0.15) is 0 Å². The van der Waals surface area contributed by atoms with Gasteiger partial charge in [0.2, 0.25) is 5.91 Å². The topological polar surface area (TPSA) is 221 Å². The number of guanidine groups is 1. The van der Waals surface area contributed by atoms with E-state index in [1.165, 1.54) is 0 Å². The van der Waals surface area contributed by atoms with Crippen molar-refractivity contribution >= 4 is 46.7 Å². The predicted molar refractivity (Wildman–Crippen MR) is 123 cm³/mol. The molecule has 0 bridgehead atoms. The Bertz CT molecular complexity index is 983. The number of amides is 2. The van der Waals surface area contributed by atoms with Gasteiger partial charge in [0.25, 0.3) is 5.91 Å². The summed E-state index contributed by atoms with van der Waals surface area (Å²) in [6.45, 7) is 0.0297. The molecule has 0 saturated heterocycles. The van der Waals surface area contributed by atoms with E-state index in [0.717, 1.165) is 24.8 Å². The first kappa shape index (κ1) is 24.6. The molecule has 2 aromatic rings. The summed E-state index contributed by atoms with van der Waals surface area (Å²) in [4.78, 5) is 35.0. The fraction of sp³-hybridized carbons (Fsp3) is 0.316. The molecular formula is C19H26ClN9O3. The Balaban J connectivity index is 1.76. The largest absolute Gasteiger partial charge is 0.394 e. The molecule has 32 heavy (non-hydrogen) atoms. The minimum atomic E-state index is -0.829. The lowest BCUT2D eigenvalue weighted by atomic mass is 10.1. The Hall–Kier alpha value is -3.64. The molecule has 172 valence electrons. The van der Waals surface area contributed by atoms with Gasteiger partial charge in [0.05, 0.1) is 6.61 Å². The number of unbranched alkanes of at least 4 members (excludes halogenated alkanes) is 1. The summed E-state index contributed by atoms with van der Waals surface area (Å²) in [6, 6.07) is 6.62. The molecule has 1 aromatic carbocycles. The molecule has 11 N–H and O–H groups in total. The Morgan fingerprint density at radius 3 is 2.41 bits per heavy atom. The van der Waals surface area contributed by atoms with Gasteiger partial charge >= 0.3 is 0 Å². The van der Waals surface area contributed by atoms with Gasteiger partial charge in [-0.3, -0.25) is 19.9 Å². The fourth-order valence-corrected chi connectivity index (χ4v) is 2.77. The van der Waals surface area contributed by atoms with Crippen molar-refractivity contribution in [2.45, 2.75) is 25.3 Å². The van der Waals surface area contributed by atoms with E-state index in [9.17, 15) is 9.59 Å². The van der Waals surface area contributed by atoms with Crippen LogP contribution in [0.5, 0.6) is 0 Å². The number of aliphatic hydroxyl groups excluding tert-OH is 1. The van der Waals surface area contributed by atoms with Gasteiger partial charge in [0.15, 0.2) is 28.4 Å². The van der Waals surface area contributed by atoms with Crippen molar-refractivity contribution in [1.29, 1.82) is 0 Å². The van der Waals surface area contributed by atoms with Crippen molar-refractivity contribution in [3.8, 4) is 0 Å². The molecular weight excluding hydrogens is 438 g/mol. The highest BCUT2D eigenvalue weighted by Gasteiger charge is 2.16. The summed E-state index contributed by atoms with van der Waals surface area (Å²) in [5, 5.41) is 14.2. The van der Waals surface area contributed by atoms with Crippen LogP contribution in [-0.2, 0) is 11.2 Å². The Morgan fingerprint density at radius 2 is 1.78 bits per heavy atom. The molecule has 1 aromatic heterocycles. The van der Waals surface area contributed by atoms with Crippen molar-refractivity contribution in [3.05, 3.63) is 40.7 Å². The summed E-state index contributed by atoms with van der Waals surface area (Å²) in [5.41, 5.74) is 23.6. The number of halogens is 1. The SMILES string of the molecule is NC(=O)C(CO)Nc1ccc(CCCCN=C(N)NC(=O)c2nc(Cl)c(N)nc2N)cc1. The zero-order valence-electron chi connectivity index (χ0n) is 17.2.